The minimum absolute atomic E-state index is 0.134. The number of carboxylic acid groups (broad SMARTS) is 1. The van der Waals surface area contributed by atoms with Gasteiger partial charge in [-0.2, -0.15) is 10.1 Å². The van der Waals surface area contributed by atoms with Crippen molar-refractivity contribution < 1.29 is 9.90 Å². The number of hydrogen-bond donors (Lipinski definition) is 2. The Balaban J connectivity index is 1.80. The lowest BCUT2D eigenvalue weighted by Crippen LogP contribution is -2.23. The monoisotopic (exact) mass is 407 g/mol. The zero-order valence-corrected chi connectivity index (χ0v) is 17.7. The summed E-state index contributed by atoms with van der Waals surface area (Å²) in [5.41, 5.74) is 5.95. The van der Waals surface area contributed by atoms with Gasteiger partial charge in [-0.15, -0.1) is 0 Å². The van der Waals surface area contributed by atoms with Gasteiger partial charge in [0.05, 0.1) is 17.3 Å². The van der Waals surface area contributed by atoms with Crippen molar-refractivity contribution in [3.63, 3.8) is 0 Å². The molecule has 0 radical (unpaired) electrons. The third-order valence-electron chi connectivity index (χ3n) is 4.79. The number of hydrogen-bond acceptors (Lipinski definition) is 5. The standard InChI is InChI=1S/C23H25N3O2S/c1-15(2)10-18-6-7-19(12-20(18)13-24)22-14-26(25-29-22)21-8-4-17(11-16(21)3)5-9-23(27)28/h4,6-8,11-12,14-15,25H,5,9-10H2,1-3H3,(H,27,28). The molecule has 2 aromatic carbocycles. The molecule has 1 aliphatic rings. The van der Waals surface area contributed by atoms with Gasteiger partial charge in [-0.05, 0) is 72.0 Å². The summed E-state index contributed by atoms with van der Waals surface area (Å²) in [6.07, 6.45) is 3.59. The maximum absolute atomic E-state index is 10.8. The van der Waals surface area contributed by atoms with E-state index in [1.807, 2.05) is 42.4 Å². The van der Waals surface area contributed by atoms with Gasteiger partial charge in [0.25, 0.3) is 0 Å². The molecule has 0 saturated heterocycles. The van der Waals surface area contributed by atoms with Gasteiger partial charge < -0.3 is 5.11 Å². The van der Waals surface area contributed by atoms with Gasteiger partial charge in [0.2, 0.25) is 0 Å². The van der Waals surface area contributed by atoms with Crippen LogP contribution in [0.1, 0.15) is 48.1 Å². The summed E-state index contributed by atoms with van der Waals surface area (Å²) in [7, 11) is 0. The third kappa shape index (κ3) is 5.20. The first kappa shape index (κ1) is 21.0. The topological polar surface area (TPSA) is 76.4 Å². The average molecular weight is 408 g/mol. The maximum Gasteiger partial charge on any atom is 0.303 e. The first-order chi connectivity index (χ1) is 13.9. The molecule has 6 heteroatoms. The molecule has 0 atom stereocenters. The number of nitrogens with one attached hydrogen (secondary N) is 1. The Morgan fingerprint density at radius 1 is 1.28 bits per heavy atom. The number of aryl methyl sites for hydroxylation is 2. The molecule has 0 aliphatic carbocycles. The van der Waals surface area contributed by atoms with Crippen LogP contribution in [0.25, 0.3) is 4.91 Å². The van der Waals surface area contributed by atoms with Crippen LogP contribution in [0.5, 0.6) is 0 Å². The Morgan fingerprint density at radius 3 is 2.72 bits per heavy atom. The molecule has 0 saturated carbocycles. The second-order valence-corrected chi connectivity index (χ2v) is 8.48. The van der Waals surface area contributed by atoms with E-state index >= 15 is 0 Å². The molecule has 0 fully saturated rings. The lowest BCUT2D eigenvalue weighted by molar-refractivity contribution is -0.136. The van der Waals surface area contributed by atoms with Crippen LogP contribution in [-0.4, -0.2) is 11.1 Å². The van der Waals surface area contributed by atoms with Gasteiger partial charge in [-0.25, -0.2) is 0 Å². The second kappa shape index (κ2) is 9.17. The van der Waals surface area contributed by atoms with E-state index in [9.17, 15) is 10.1 Å². The SMILES string of the molecule is Cc1cc(CCC(=O)O)ccc1N1C=C(c2ccc(CC(C)C)c(C#N)c2)SN1. The Hall–Kier alpha value is -2.75. The largest absolute Gasteiger partial charge is 0.481 e. The van der Waals surface area contributed by atoms with E-state index in [4.69, 9.17) is 5.11 Å². The van der Waals surface area contributed by atoms with E-state index < -0.39 is 5.97 Å². The van der Waals surface area contributed by atoms with Crippen LogP contribution in [0.15, 0.2) is 42.6 Å². The van der Waals surface area contributed by atoms with Crippen molar-refractivity contribution in [3.05, 3.63) is 70.4 Å². The van der Waals surface area contributed by atoms with Gasteiger partial charge in [-0.1, -0.05) is 38.1 Å². The number of nitrogens with zero attached hydrogens (tertiary/aromatic N) is 2. The van der Waals surface area contributed by atoms with E-state index in [0.29, 0.717) is 12.3 Å². The first-order valence-electron chi connectivity index (χ1n) is 9.65. The van der Waals surface area contributed by atoms with E-state index in [2.05, 4.69) is 36.9 Å². The molecule has 1 heterocycles. The number of carboxylic acids is 1. The molecular formula is C23H25N3O2S. The second-order valence-electron chi connectivity index (χ2n) is 7.65. The van der Waals surface area contributed by atoms with Gasteiger partial charge >= 0.3 is 5.97 Å². The maximum atomic E-state index is 10.8. The van der Waals surface area contributed by atoms with Crippen LogP contribution >= 0.6 is 11.9 Å². The molecule has 1 aliphatic heterocycles. The van der Waals surface area contributed by atoms with Gasteiger partial charge in [-0.3, -0.25) is 9.80 Å². The van der Waals surface area contributed by atoms with Crippen LogP contribution in [0, 0.1) is 24.2 Å². The van der Waals surface area contributed by atoms with Crippen LogP contribution in [0.2, 0.25) is 0 Å². The molecule has 0 unspecified atom stereocenters. The predicted octanol–water partition coefficient (Wildman–Crippen LogP) is 5.05. The first-order valence-corrected chi connectivity index (χ1v) is 10.5. The number of rotatable bonds is 7. The molecule has 2 N–H and O–H groups in total. The summed E-state index contributed by atoms with van der Waals surface area (Å²) in [5.74, 6) is -0.278. The van der Waals surface area contributed by atoms with Crippen molar-refractivity contribution in [2.45, 2.75) is 40.0 Å². The fourth-order valence-electron chi connectivity index (χ4n) is 3.37. The molecule has 0 aromatic heterocycles. The van der Waals surface area contributed by atoms with Gasteiger partial charge in [0, 0.05) is 17.5 Å². The van der Waals surface area contributed by atoms with E-state index in [1.165, 1.54) is 11.9 Å². The minimum Gasteiger partial charge on any atom is -0.481 e. The Labute approximate surface area is 176 Å². The average Bonchev–Trinajstić information content (AvgIpc) is 3.16. The minimum atomic E-state index is -0.784. The molecule has 150 valence electrons. The number of aliphatic carboxylic acids is 1. The molecule has 29 heavy (non-hydrogen) atoms. The fraction of sp³-hybridized carbons (Fsp3) is 0.304. The highest BCUT2D eigenvalue weighted by Gasteiger charge is 2.19. The molecule has 0 bridgehead atoms. The van der Waals surface area contributed by atoms with Crippen LogP contribution < -0.4 is 9.84 Å². The summed E-state index contributed by atoms with van der Waals surface area (Å²) >= 11 is 1.51. The van der Waals surface area contributed by atoms with Crippen molar-refractivity contribution in [1.29, 1.82) is 5.26 Å². The van der Waals surface area contributed by atoms with Crippen LogP contribution in [0.3, 0.4) is 0 Å². The lowest BCUT2D eigenvalue weighted by Gasteiger charge is -2.18. The zero-order valence-electron chi connectivity index (χ0n) is 16.9. The Kier molecular flexibility index (Phi) is 6.63. The van der Waals surface area contributed by atoms with Crippen LogP contribution in [0.4, 0.5) is 5.69 Å². The third-order valence-corrected chi connectivity index (χ3v) is 5.64. The number of carbonyl (C=O) groups is 1. The highest BCUT2D eigenvalue weighted by Crippen LogP contribution is 2.35. The Morgan fingerprint density at radius 2 is 2.07 bits per heavy atom. The van der Waals surface area contributed by atoms with E-state index in [1.54, 1.807) is 0 Å². The van der Waals surface area contributed by atoms with Crippen molar-refractivity contribution >= 4 is 28.5 Å². The fourth-order valence-corrected chi connectivity index (χ4v) is 4.12. The van der Waals surface area contributed by atoms with Crippen LogP contribution in [-0.2, 0) is 17.6 Å². The smallest absolute Gasteiger partial charge is 0.303 e. The van der Waals surface area contributed by atoms with Crippen molar-refractivity contribution in [2.24, 2.45) is 5.92 Å². The molecule has 0 spiro atoms. The van der Waals surface area contributed by atoms with E-state index in [-0.39, 0.29) is 6.42 Å². The molecule has 3 rings (SSSR count). The predicted molar refractivity (Wildman–Crippen MR) is 118 cm³/mol. The quantitative estimate of drug-likeness (QED) is 0.625. The molecule has 2 aromatic rings. The summed E-state index contributed by atoms with van der Waals surface area (Å²) < 4.78 is 0. The lowest BCUT2D eigenvalue weighted by atomic mass is 9.97. The number of nitriles is 1. The van der Waals surface area contributed by atoms with Crippen molar-refractivity contribution in [2.75, 3.05) is 5.01 Å². The summed E-state index contributed by atoms with van der Waals surface area (Å²) in [6.45, 7) is 6.33. The summed E-state index contributed by atoms with van der Waals surface area (Å²) in [5, 5.41) is 20.3. The highest BCUT2D eigenvalue weighted by atomic mass is 32.2. The highest BCUT2D eigenvalue weighted by molar-refractivity contribution is 8.06. The molecule has 5 nitrogen and oxygen atoms in total. The zero-order chi connectivity index (χ0) is 21.0. The van der Waals surface area contributed by atoms with E-state index in [0.717, 1.165) is 44.8 Å². The number of anilines is 1. The molecular weight excluding hydrogens is 382 g/mol. The summed E-state index contributed by atoms with van der Waals surface area (Å²) in [6, 6.07) is 14.4. The number of benzene rings is 2. The normalized spacial score (nSPS) is 13.5. The molecule has 0 amide bonds. The number of hydrazine groups is 1. The van der Waals surface area contributed by atoms with Gasteiger partial charge in [0.15, 0.2) is 0 Å². The summed E-state index contributed by atoms with van der Waals surface area (Å²) in [4.78, 5) is 15.1. The Bertz CT molecular complexity index is 992. The van der Waals surface area contributed by atoms with Crippen molar-refractivity contribution in [3.8, 4) is 6.07 Å². The van der Waals surface area contributed by atoms with Crippen molar-refractivity contribution in [1.82, 2.24) is 4.83 Å². The van der Waals surface area contributed by atoms with Gasteiger partial charge in [0.1, 0.15) is 0 Å².